The lowest BCUT2D eigenvalue weighted by Crippen LogP contribution is -2.21. The minimum Gasteiger partial charge on any atom is -0.384 e. The van der Waals surface area contributed by atoms with Crippen LogP contribution in [0.1, 0.15) is 38.2 Å². The first-order chi connectivity index (χ1) is 9.74. The lowest BCUT2D eigenvalue weighted by atomic mass is 9.82. The molecule has 106 valence electrons. The van der Waals surface area contributed by atoms with E-state index in [9.17, 15) is 0 Å². The Morgan fingerprint density at radius 1 is 1.25 bits per heavy atom. The van der Waals surface area contributed by atoms with E-state index in [1.54, 1.807) is 0 Å². The van der Waals surface area contributed by atoms with Crippen LogP contribution in [0.4, 0.5) is 5.69 Å². The highest BCUT2D eigenvalue weighted by atomic mass is 14.9. The summed E-state index contributed by atoms with van der Waals surface area (Å²) < 4.78 is 0. The molecule has 1 aromatic heterocycles. The van der Waals surface area contributed by atoms with Crippen LogP contribution in [0.2, 0.25) is 0 Å². The summed E-state index contributed by atoms with van der Waals surface area (Å²) in [6, 6.07) is 8.56. The molecule has 2 unspecified atom stereocenters. The largest absolute Gasteiger partial charge is 0.384 e. The van der Waals surface area contributed by atoms with Crippen LogP contribution in [0.3, 0.4) is 0 Å². The number of anilines is 1. The molecule has 0 amide bonds. The highest BCUT2D eigenvalue weighted by Gasteiger charge is 2.18. The molecule has 2 heteroatoms. The quantitative estimate of drug-likeness (QED) is 0.866. The standard InChI is InChI=1S/C18H24N2/c1-13-5-3-6-15(11-13)12-20-17-9-8-14(2)18-16(17)7-4-10-19-18/h4,7-10,13,15,20H,3,5-6,11-12H2,1-2H3. The summed E-state index contributed by atoms with van der Waals surface area (Å²) in [6.07, 6.45) is 7.42. The Labute approximate surface area is 121 Å². The molecular weight excluding hydrogens is 244 g/mol. The van der Waals surface area contributed by atoms with Crippen molar-refractivity contribution < 1.29 is 0 Å². The monoisotopic (exact) mass is 268 g/mol. The Morgan fingerprint density at radius 3 is 3.00 bits per heavy atom. The van der Waals surface area contributed by atoms with Crippen molar-refractivity contribution in [3.8, 4) is 0 Å². The van der Waals surface area contributed by atoms with Gasteiger partial charge in [0.15, 0.2) is 0 Å². The van der Waals surface area contributed by atoms with Gasteiger partial charge in [-0.2, -0.15) is 0 Å². The van der Waals surface area contributed by atoms with E-state index in [-0.39, 0.29) is 0 Å². The summed E-state index contributed by atoms with van der Waals surface area (Å²) >= 11 is 0. The van der Waals surface area contributed by atoms with Gasteiger partial charge >= 0.3 is 0 Å². The summed E-state index contributed by atoms with van der Waals surface area (Å²) in [5.41, 5.74) is 3.60. The van der Waals surface area contributed by atoms with E-state index in [1.807, 2.05) is 12.3 Å². The molecule has 1 saturated carbocycles. The van der Waals surface area contributed by atoms with Crippen molar-refractivity contribution >= 4 is 16.6 Å². The fourth-order valence-corrected chi connectivity index (χ4v) is 3.47. The van der Waals surface area contributed by atoms with Gasteiger partial charge in [-0.1, -0.05) is 25.8 Å². The van der Waals surface area contributed by atoms with Crippen LogP contribution in [0.25, 0.3) is 10.9 Å². The number of hydrogen-bond acceptors (Lipinski definition) is 2. The number of pyridine rings is 1. The van der Waals surface area contributed by atoms with Gasteiger partial charge in [-0.3, -0.25) is 4.98 Å². The molecule has 2 atom stereocenters. The predicted octanol–water partition coefficient (Wildman–Crippen LogP) is 4.78. The van der Waals surface area contributed by atoms with Crippen LogP contribution >= 0.6 is 0 Å². The van der Waals surface area contributed by atoms with Crippen LogP contribution in [0.15, 0.2) is 30.5 Å². The molecule has 1 aromatic carbocycles. The molecule has 3 rings (SSSR count). The summed E-state index contributed by atoms with van der Waals surface area (Å²) in [4.78, 5) is 4.51. The van der Waals surface area contributed by atoms with E-state index < -0.39 is 0 Å². The first-order valence-electron chi connectivity index (χ1n) is 7.82. The minimum atomic E-state index is 0.826. The van der Waals surface area contributed by atoms with Gasteiger partial charge in [-0.05, 0) is 55.4 Å². The van der Waals surface area contributed by atoms with Gasteiger partial charge in [-0.25, -0.2) is 0 Å². The minimum absolute atomic E-state index is 0.826. The van der Waals surface area contributed by atoms with Gasteiger partial charge in [-0.15, -0.1) is 0 Å². The lowest BCUT2D eigenvalue weighted by Gasteiger charge is -2.27. The van der Waals surface area contributed by atoms with Gasteiger partial charge in [0.1, 0.15) is 0 Å². The van der Waals surface area contributed by atoms with E-state index in [0.717, 1.165) is 23.9 Å². The Hall–Kier alpha value is -1.57. The molecule has 0 spiro atoms. The number of nitrogens with one attached hydrogen (secondary N) is 1. The first kappa shape index (κ1) is 13.4. The molecule has 0 radical (unpaired) electrons. The zero-order valence-corrected chi connectivity index (χ0v) is 12.5. The fourth-order valence-electron chi connectivity index (χ4n) is 3.47. The van der Waals surface area contributed by atoms with Gasteiger partial charge in [0.05, 0.1) is 5.52 Å². The summed E-state index contributed by atoms with van der Waals surface area (Å²) in [7, 11) is 0. The number of fused-ring (bicyclic) bond motifs is 1. The molecule has 0 bridgehead atoms. The van der Waals surface area contributed by atoms with Crippen molar-refractivity contribution in [2.24, 2.45) is 11.8 Å². The number of hydrogen-bond donors (Lipinski definition) is 1. The third-order valence-corrected chi connectivity index (χ3v) is 4.60. The second kappa shape index (κ2) is 5.82. The van der Waals surface area contributed by atoms with Crippen LogP contribution in [-0.4, -0.2) is 11.5 Å². The van der Waals surface area contributed by atoms with E-state index in [2.05, 4.69) is 42.3 Å². The number of nitrogens with zero attached hydrogens (tertiary/aromatic N) is 1. The fraction of sp³-hybridized carbons (Fsp3) is 0.500. The maximum atomic E-state index is 4.51. The second-order valence-electron chi connectivity index (χ2n) is 6.35. The van der Waals surface area contributed by atoms with Crippen LogP contribution in [0, 0.1) is 18.8 Å². The maximum absolute atomic E-state index is 4.51. The average Bonchev–Trinajstić information content (AvgIpc) is 2.47. The molecule has 1 N–H and O–H groups in total. The Kier molecular flexibility index (Phi) is 3.90. The Morgan fingerprint density at radius 2 is 2.15 bits per heavy atom. The van der Waals surface area contributed by atoms with Crippen LogP contribution < -0.4 is 5.32 Å². The SMILES string of the molecule is Cc1ccc(NCC2CCCC(C)C2)c2cccnc12. The van der Waals surface area contributed by atoms with Gasteiger partial charge in [0.2, 0.25) is 0 Å². The maximum Gasteiger partial charge on any atom is 0.0751 e. The van der Waals surface area contributed by atoms with Gasteiger partial charge < -0.3 is 5.32 Å². The highest BCUT2D eigenvalue weighted by Crippen LogP contribution is 2.30. The van der Waals surface area contributed by atoms with Crippen molar-refractivity contribution in [2.45, 2.75) is 39.5 Å². The number of aryl methyl sites for hydroxylation is 1. The molecule has 2 nitrogen and oxygen atoms in total. The van der Waals surface area contributed by atoms with Gasteiger partial charge in [0, 0.05) is 23.8 Å². The van der Waals surface area contributed by atoms with Crippen molar-refractivity contribution in [1.29, 1.82) is 0 Å². The average molecular weight is 268 g/mol. The smallest absolute Gasteiger partial charge is 0.0751 e. The molecule has 2 aromatic rings. The highest BCUT2D eigenvalue weighted by molar-refractivity contribution is 5.93. The number of rotatable bonds is 3. The molecule has 0 saturated heterocycles. The van der Waals surface area contributed by atoms with E-state index in [4.69, 9.17) is 0 Å². The van der Waals surface area contributed by atoms with E-state index in [1.165, 1.54) is 42.3 Å². The second-order valence-corrected chi connectivity index (χ2v) is 6.35. The zero-order chi connectivity index (χ0) is 13.9. The summed E-state index contributed by atoms with van der Waals surface area (Å²) in [6.45, 7) is 5.61. The van der Waals surface area contributed by atoms with Gasteiger partial charge in [0.25, 0.3) is 0 Å². The van der Waals surface area contributed by atoms with E-state index >= 15 is 0 Å². The van der Waals surface area contributed by atoms with Crippen molar-refractivity contribution in [1.82, 2.24) is 4.98 Å². The summed E-state index contributed by atoms with van der Waals surface area (Å²) in [5.74, 6) is 1.72. The normalized spacial score (nSPS) is 22.9. The molecule has 1 heterocycles. The summed E-state index contributed by atoms with van der Waals surface area (Å²) in [5, 5.41) is 4.91. The van der Waals surface area contributed by atoms with Crippen molar-refractivity contribution in [3.63, 3.8) is 0 Å². The zero-order valence-electron chi connectivity index (χ0n) is 12.5. The molecular formula is C18H24N2. The van der Waals surface area contributed by atoms with Crippen molar-refractivity contribution in [3.05, 3.63) is 36.0 Å². The van der Waals surface area contributed by atoms with E-state index in [0.29, 0.717) is 0 Å². The number of aromatic nitrogens is 1. The lowest BCUT2D eigenvalue weighted by molar-refractivity contribution is 0.293. The van der Waals surface area contributed by atoms with Crippen LogP contribution in [-0.2, 0) is 0 Å². The van der Waals surface area contributed by atoms with Crippen LogP contribution in [0.5, 0.6) is 0 Å². The molecule has 1 aliphatic rings. The third-order valence-electron chi connectivity index (χ3n) is 4.60. The number of benzene rings is 1. The van der Waals surface area contributed by atoms with Crippen molar-refractivity contribution in [2.75, 3.05) is 11.9 Å². The topological polar surface area (TPSA) is 24.9 Å². The predicted molar refractivity (Wildman–Crippen MR) is 86.1 cm³/mol. The Bertz CT molecular complexity index is 591. The molecule has 20 heavy (non-hydrogen) atoms. The first-order valence-corrected chi connectivity index (χ1v) is 7.82. The molecule has 0 aliphatic heterocycles. The third kappa shape index (κ3) is 2.79. The molecule has 1 fully saturated rings. The Balaban J connectivity index is 1.76. The molecule has 1 aliphatic carbocycles.